The van der Waals surface area contributed by atoms with Crippen LogP contribution in [0.15, 0.2) is 30.7 Å². The lowest BCUT2D eigenvalue weighted by Crippen LogP contribution is -1.90. The van der Waals surface area contributed by atoms with Crippen LogP contribution in [0.1, 0.15) is 0 Å². The first-order valence-corrected chi connectivity index (χ1v) is 3.96. The number of pyridine rings is 1. The summed E-state index contributed by atoms with van der Waals surface area (Å²) in [5.41, 5.74) is 6.54. The van der Waals surface area contributed by atoms with Crippen molar-refractivity contribution in [1.29, 1.82) is 0 Å². The zero-order valence-electron chi connectivity index (χ0n) is 7.31. The molecule has 66 valence electrons. The maximum atomic E-state index is 5.56. The first-order valence-electron chi connectivity index (χ1n) is 3.96. The van der Waals surface area contributed by atoms with E-state index in [2.05, 4.69) is 9.97 Å². The molecule has 2 aromatic heterocycles. The number of aryl methyl sites for hydroxylation is 1. The van der Waals surface area contributed by atoms with Crippen molar-refractivity contribution in [3.8, 4) is 11.4 Å². The van der Waals surface area contributed by atoms with E-state index < -0.39 is 0 Å². The summed E-state index contributed by atoms with van der Waals surface area (Å²) in [6.07, 6.45) is 5.28. The van der Waals surface area contributed by atoms with Gasteiger partial charge >= 0.3 is 0 Å². The highest BCUT2D eigenvalue weighted by atomic mass is 15.1. The molecule has 0 bridgehead atoms. The first kappa shape index (κ1) is 7.79. The summed E-state index contributed by atoms with van der Waals surface area (Å²) in [6, 6.07) is 3.83. The third-order valence-corrected chi connectivity index (χ3v) is 1.81. The SMILES string of the molecule is Cn1cc(N)nc1-c1cccnc1. The minimum Gasteiger partial charge on any atom is -0.382 e. The van der Waals surface area contributed by atoms with Crippen LogP contribution in [0.3, 0.4) is 0 Å². The molecule has 4 nitrogen and oxygen atoms in total. The van der Waals surface area contributed by atoms with Crippen LogP contribution in [0.25, 0.3) is 11.4 Å². The van der Waals surface area contributed by atoms with Crippen LogP contribution in [0.4, 0.5) is 5.82 Å². The minimum atomic E-state index is 0.529. The van der Waals surface area contributed by atoms with Gasteiger partial charge in [0.15, 0.2) is 0 Å². The normalized spacial score (nSPS) is 10.2. The predicted molar refractivity (Wildman–Crippen MR) is 50.9 cm³/mol. The van der Waals surface area contributed by atoms with Gasteiger partial charge in [-0.15, -0.1) is 0 Å². The Hall–Kier alpha value is -1.84. The van der Waals surface area contributed by atoms with Crippen LogP contribution < -0.4 is 5.73 Å². The molecule has 2 rings (SSSR count). The monoisotopic (exact) mass is 174 g/mol. The molecule has 0 spiro atoms. The molecule has 0 aromatic carbocycles. The molecule has 0 atom stereocenters. The number of nitrogen functional groups attached to an aromatic ring is 1. The van der Waals surface area contributed by atoms with Gasteiger partial charge in [-0.05, 0) is 12.1 Å². The molecule has 0 fully saturated rings. The molecule has 0 saturated heterocycles. The molecule has 0 amide bonds. The molecular weight excluding hydrogens is 164 g/mol. The van der Waals surface area contributed by atoms with Gasteiger partial charge in [-0.25, -0.2) is 4.98 Å². The summed E-state index contributed by atoms with van der Waals surface area (Å²) in [5, 5.41) is 0. The van der Waals surface area contributed by atoms with Gasteiger partial charge in [-0.3, -0.25) is 4.98 Å². The van der Waals surface area contributed by atoms with E-state index in [0.717, 1.165) is 11.4 Å². The van der Waals surface area contributed by atoms with Crippen molar-refractivity contribution >= 4 is 5.82 Å². The van der Waals surface area contributed by atoms with Crippen molar-refractivity contribution in [2.45, 2.75) is 0 Å². The Morgan fingerprint density at radius 1 is 1.46 bits per heavy atom. The molecule has 13 heavy (non-hydrogen) atoms. The highest BCUT2D eigenvalue weighted by Crippen LogP contribution is 2.16. The van der Waals surface area contributed by atoms with Crippen LogP contribution >= 0.6 is 0 Å². The van der Waals surface area contributed by atoms with E-state index in [0.29, 0.717) is 5.82 Å². The first-order chi connectivity index (χ1) is 6.27. The zero-order valence-corrected chi connectivity index (χ0v) is 7.31. The van der Waals surface area contributed by atoms with Gasteiger partial charge in [0.25, 0.3) is 0 Å². The standard InChI is InChI=1S/C9H10N4/c1-13-6-8(10)12-9(13)7-3-2-4-11-5-7/h2-6H,10H2,1H3. The third kappa shape index (κ3) is 1.38. The number of anilines is 1. The van der Waals surface area contributed by atoms with Crippen molar-refractivity contribution in [2.75, 3.05) is 5.73 Å². The summed E-state index contributed by atoms with van der Waals surface area (Å²) in [5.74, 6) is 1.37. The number of hydrogen-bond acceptors (Lipinski definition) is 3. The smallest absolute Gasteiger partial charge is 0.143 e. The number of imidazole rings is 1. The summed E-state index contributed by atoms with van der Waals surface area (Å²) < 4.78 is 1.88. The lowest BCUT2D eigenvalue weighted by atomic mass is 10.3. The number of rotatable bonds is 1. The zero-order chi connectivity index (χ0) is 9.26. The molecule has 0 saturated carbocycles. The van der Waals surface area contributed by atoms with E-state index in [4.69, 9.17) is 5.73 Å². The molecule has 4 heteroatoms. The molecule has 0 aliphatic heterocycles. The lowest BCUT2D eigenvalue weighted by Gasteiger charge is -1.98. The van der Waals surface area contributed by atoms with Gasteiger partial charge in [-0.1, -0.05) is 0 Å². The fourth-order valence-corrected chi connectivity index (χ4v) is 1.25. The van der Waals surface area contributed by atoms with Crippen LogP contribution in [0.5, 0.6) is 0 Å². The highest BCUT2D eigenvalue weighted by molar-refractivity contribution is 5.56. The fraction of sp³-hybridized carbons (Fsp3) is 0.111. The van der Waals surface area contributed by atoms with Crippen molar-refractivity contribution < 1.29 is 0 Å². The van der Waals surface area contributed by atoms with Gasteiger partial charge in [0, 0.05) is 31.2 Å². The van der Waals surface area contributed by atoms with Gasteiger partial charge in [-0.2, -0.15) is 0 Å². The maximum absolute atomic E-state index is 5.56. The van der Waals surface area contributed by atoms with E-state index in [1.807, 2.05) is 23.7 Å². The fourth-order valence-electron chi connectivity index (χ4n) is 1.25. The molecule has 0 unspecified atom stereocenters. The Labute approximate surface area is 76.1 Å². The Morgan fingerprint density at radius 2 is 2.31 bits per heavy atom. The summed E-state index contributed by atoms with van der Waals surface area (Å²) in [6.45, 7) is 0. The van der Waals surface area contributed by atoms with Gasteiger partial charge < -0.3 is 10.3 Å². The van der Waals surface area contributed by atoms with Crippen LogP contribution in [0, 0.1) is 0 Å². The third-order valence-electron chi connectivity index (χ3n) is 1.81. The Morgan fingerprint density at radius 3 is 2.85 bits per heavy atom. The molecule has 2 aromatic rings. The van der Waals surface area contributed by atoms with Crippen molar-refractivity contribution in [2.24, 2.45) is 7.05 Å². The minimum absolute atomic E-state index is 0.529. The molecular formula is C9H10N4. The second kappa shape index (κ2) is 2.90. The topological polar surface area (TPSA) is 56.7 Å². The quantitative estimate of drug-likeness (QED) is 0.703. The molecule has 2 N–H and O–H groups in total. The average molecular weight is 174 g/mol. The number of hydrogen-bond donors (Lipinski definition) is 1. The Bertz CT molecular complexity index is 405. The van der Waals surface area contributed by atoms with Crippen LogP contribution in [-0.2, 0) is 7.05 Å². The van der Waals surface area contributed by atoms with E-state index >= 15 is 0 Å². The van der Waals surface area contributed by atoms with Crippen molar-refractivity contribution in [1.82, 2.24) is 14.5 Å². The maximum Gasteiger partial charge on any atom is 0.143 e. The molecule has 0 aliphatic rings. The lowest BCUT2D eigenvalue weighted by molar-refractivity contribution is 0.923. The van der Waals surface area contributed by atoms with Gasteiger partial charge in [0.2, 0.25) is 0 Å². The van der Waals surface area contributed by atoms with Crippen molar-refractivity contribution in [3.63, 3.8) is 0 Å². The van der Waals surface area contributed by atoms with E-state index in [1.54, 1.807) is 18.6 Å². The second-order valence-electron chi connectivity index (χ2n) is 2.84. The molecule has 2 heterocycles. The van der Waals surface area contributed by atoms with E-state index in [9.17, 15) is 0 Å². The van der Waals surface area contributed by atoms with Crippen molar-refractivity contribution in [3.05, 3.63) is 30.7 Å². The predicted octanol–water partition coefficient (Wildman–Crippen LogP) is 1.06. The van der Waals surface area contributed by atoms with Crippen LogP contribution in [0.2, 0.25) is 0 Å². The number of nitrogens with two attached hydrogens (primary N) is 1. The highest BCUT2D eigenvalue weighted by Gasteiger charge is 2.04. The average Bonchev–Trinajstić information content (AvgIpc) is 2.47. The second-order valence-corrected chi connectivity index (χ2v) is 2.84. The number of aromatic nitrogens is 3. The largest absolute Gasteiger partial charge is 0.382 e. The molecule has 0 aliphatic carbocycles. The molecule has 0 radical (unpaired) electrons. The Kier molecular flexibility index (Phi) is 1.73. The summed E-state index contributed by atoms with van der Waals surface area (Å²) in [4.78, 5) is 8.20. The van der Waals surface area contributed by atoms with Crippen LogP contribution in [-0.4, -0.2) is 14.5 Å². The van der Waals surface area contributed by atoms with E-state index in [-0.39, 0.29) is 0 Å². The summed E-state index contributed by atoms with van der Waals surface area (Å²) in [7, 11) is 1.91. The summed E-state index contributed by atoms with van der Waals surface area (Å²) >= 11 is 0. The van der Waals surface area contributed by atoms with Gasteiger partial charge in [0.1, 0.15) is 11.6 Å². The van der Waals surface area contributed by atoms with E-state index in [1.165, 1.54) is 0 Å². The Balaban J connectivity index is 2.53. The van der Waals surface area contributed by atoms with Gasteiger partial charge in [0.05, 0.1) is 0 Å². The number of nitrogens with zero attached hydrogens (tertiary/aromatic N) is 3.